The second-order valence-electron chi connectivity index (χ2n) is 4.69. The van der Waals surface area contributed by atoms with Crippen LogP contribution in [0.2, 0.25) is 0 Å². The topological polar surface area (TPSA) is 74.3 Å². The standard InChI is InChI=1S/C14H20N4O2/c1-3-11-7-10(8-12(17-11)15-4-2)14(20)18-6-5-16-13(19)9-18/h7-8H,3-6,9H2,1-2H3,(H,15,17)(H,16,19). The van der Waals surface area contributed by atoms with E-state index in [0.717, 1.165) is 18.7 Å². The maximum absolute atomic E-state index is 12.5. The Morgan fingerprint density at radius 1 is 1.45 bits per heavy atom. The second kappa shape index (κ2) is 6.36. The number of aryl methyl sites for hydroxylation is 1. The van der Waals surface area contributed by atoms with E-state index in [1.54, 1.807) is 17.0 Å². The van der Waals surface area contributed by atoms with Crippen LogP contribution in [0.4, 0.5) is 5.82 Å². The summed E-state index contributed by atoms with van der Waals surface area (Å²) in [6, 6.07) is 3.55. The molecule has 6 nitrogen and oxygen atoms in total. The molecule has 0 atom stereocenters. The lowest BCUT2D eigenvalue weighted by molar-refractivity contribution is -0.123. The first-order valence-electron chi connectivity index (χ1n) is 6.94. The number of aromatic nitrogens is 1. The van der Waals surface area contributed by atoms with Gasteiger partial charge in [0.2, 0.25) is 5.91 Å². The zero-order valence-corrected chi connectivity index (χ0v) is 11.9. The summed E-state index contributed by atoms with van der Waals surface area (Å²) < 4.78 is 0. The van der Waals surface area contributed by atoms with Crippen molar-refractivity contribution in [3.63, 3.8) is 0 Å². The van der Waals surface area contributed by atoms with Crippen LogP contribution >= 0.6 is 0 Å². The molecule has 1 saturated heterocycles. The van der Waals surface area contributed by atoms with Gasteiger partial charge in [-0.1, -0.05) is 6.92 Å². The molecule has 2 rings (SSSR count). The molecule has 1 aromatic heterocycles. The molecule has 0 aliphatic carbocycles. The number of carbonyl (C=O) groups is 2. The van der Waals surface area contributed by atoms with Gasteiger partial charge in [0, 0.05) is 30.9 Å². The van der Waals surface area contributed by atoms with Crippen molar-refractivity contribution in [3.05, 3.63) is 23.4 Å². The Bertz CT molecular complexity index is 516. The Morgan fingerprint density at radius 3 is 2.90 bits per heavy atom. The molecule has 1 aliphatic heterocycles. The van der Waals surface area contributed by atoms with Gasteiger partial charge in [-0.3, -0.25) is 9.59 Å². The molecule has 2 amide bonds. The van der Waals surface area contributed by atoms with E-state index >= 15 is 0 Å². The third-order valence-electron chi connectivity index (χ3n) is 3.17. The van der Waals surface area contributed by atoms with Crippen LogP contribution in [0, 0.1) is 0 Å². The first kappa shape index (κ1) is 14.3. The van der Waals surface area contributed by atoms with Crippen LogP contribution in [0.3, 0.4) is 0 Å². The predicted octanol–water partition coefficient (Wildman–Crippen LogP) is 0.648. The van der Waals surface area contributed by atoms with Crippen molar-refractivity contribution in [2.24, 2.45) is 0 Å². The highest BCUT2D eigenvalue weighted by Gasteiger charge is 2.22. The smallest absolute Gasteiger partial charge is 0.254 e. The fourth-order valence-corrected chi connectivity index (χ4v) is 2.16. The fourth-order valence-electron chi connectivity index (χ4n) is 2.16. The molecule has 0 aromatic carbocycles. The average Bonchev–Trinajstić information content (AvgIpc) is 2.46. The molecular formula is C14H20N4O2. The monoisotopic (exact) mass is 276 g/mol. The number of nitrogens with zero attached hydrogens (tertiary/aromatic N) is 2. The van der Waals surface area contributed by atoms with E-state index < -0.39 is 0 Å². The van der Waals surface area contributed by atoms with Gasteiger partial charge < -0.3 is 15.5 Å². The van der Waals surface area contributed by atoms with Gasteiger partial charge in [0.05, 0.1) is 6.54 Å². The minimum absolute atomic E-state index is 0.110. The molecule has 0 saturated carbocycles. The normalized spacial score (nSPS) is 14.9. The number of piperazine rings is 1. The summed E-state index contributed by atoms with van der Waals surface area (Å²) in [5.41, 5.74) is 1.45. The molecule has 20 heavy (non-hydrogen) atoms. The van der Waals surface area contributed by atoms with E-state index in [1.807, 2.05) is 13.8 Å². The molecule has 2 N–H and O–H groups in total. The molecule has 108 valence electrons. The summed E-state index contributed by atoms with van der Waals surface area (Å²) >= 11 is 0. The summed E-state index contributed by atoms with van der Waals surface area (Å²) in [7, 11) is 0. The molecule has 0 spiro atoms. The highest BCUT2D eigenvalue weighted by molar-refractivity contribution is 5.97. The Hall–Kier alpha value is -2.11. The van der Waals surface area contributed by atoms with Gasteiger partial charge in [-0.05, 0) is 25.5 Å². The van der Waals surface area contributed by atoms with Gasteiger partial charge in [-0.25, -0.2) is 4.98 Å². The Kier molecular flexibility index (Phi) is 4.55. The predicted molar refractivity (Wildman–Crippen MR) is 76.7 cm³/mol. The summed E-state index contributed by atoms with van der Waals surface area (Å²) in [5, 5.41) is 5.84. The molecule has 0 bridgehead atoms. The number of anilines is 1. The number of pyridine rings is 1. The summed E-state index contributed by atoms with van der Waals surface area (Å²) in [4.78, 5) is 29.8. The van der Waals surface area contributed by atoms with Crippen LogP contribution in [0.25, 0.3) is 0 Å². The van der Waals surface area contributed by atoms with Crippen LogP contribution in [-0.4, -0.2) is 47.9 Å². The van der Waals surface area contributed by atoms with Crippen molar-refractivity contribution in [3.8, 4) is 0 Å². The SMILES string of the molecule is CCNc1cc(C(=O)N2CCNC(=O)C2)cc(CC)n1. The summed E-state index contributed by atoms with van der Waals surface area (Å²) in [5.74, 6) is 0.481. The molecule has 1 aliphatic rings. The van der Waals surface area contributed by atoms with E-state index in [4.69, 9.17) is 0 Å². The second-order valence-corrected chi connectivity index (χ2v) is 4.69. The molecule has 1 fully saturated rings. The van der Waals surface area contributed by atoms with Crippen molar-refractivity contribution in [1.82, 2.24) is 15.2 Å². The van der Waals surface area contributed by atoms with Gasteiger partial charge in [-0.2, -0.15) is 0 Å². The zero-order chi connectivity index (χ0) is 14.5. The lowest BCUT2D eigenvalue weighted by atomic mass is 10.1. The average molecular weight is 276 g/mol. The van der Waals surface area contributed by atoms with Gasteiger partial charge in [0.1, 0.15) is 5.82 Å². The third-order valence-corrected chi connectivity index (χ3v) is 3.17. The van der Waals surface area contributed by atoms with Crippen LogP contribution in [0.1, 0.15) is 29.9 Å². The number of amides is 2. The van der Waals surface area contributed by atoms with E-state index in [9.17, 15) is 9.59 Å². The molecule has 6 heteroatoms. The van der Waals surface area contributed by atoms with Crippen molar-refractivity contribution in [2.45, 2.75) is 20.3 Å². The molecule has 0 radical (unpaired) electrons. The third kappa shape index (κ3) is 3.26. The minimum Gasteiger partial charge on any atom is -0.370 e. The fraction of sp³-hybridized carbons (Fsp3) is 0.500. The number of hydrogen-bond acceptors (Lipinski definition) is 4. The first-order valence-corrected chi connectivity index (χ1v) is 6.94. The maximum atomic E-state index is 12.5. The number of carbonyl (C=O) groups excluding carboxylic acids is 2. The van der Waals surface area contributed by atoms with Crippen LogP contribution < -0.4 is 10.6 Å². The number of hydrogen-bond donors (Lipinski definition) is 2. The van der Waals surface area contributed by atoms with Crippen LogP contribution in [0.5, 0.6) is 0 Å². The Morgan fingerprint density at radius 2 is 2.25 bits per heavy atom. The van der Waals surface area contributed by atoms with Crippen molar-refractivity contribution >= 4 is 17.6 Å². The molecule has 0 unspecified atom stereocenters. The van der Waals surface area contributed by atoms with Crippen LogP contribution in [-0.2, 0) is 11.2 Å². The largest absolute Gasteiger partial charge is 0.370 e. The van der Waals surface area contributed by atoms with Crippen molar-refractivity contribution < 1.29 is 9.59 Å². The first-order chi connectivity index (χ1) is 9.63. The molecule has 1 aromatic rings. The highest BCUT2D eigenvalue weighted by Crippen LogP contribution is 2.14. The van der Waals surface area contributed by atoms with E-state index in [2.05, 4.69) is 15.6 Å². The maximum Gasteiger partial charge on any atom is 0.254 e. The highest BCUT2D eigenvalue weighted by atomic mass is 16.2. The van der Waals surface area contributed by atoms with Crippen molar-refractivity contribution in [2.75, 3.05) is 31.5 Å². The minimum atomic E-state index is -0.115. The Labute approximate surface area is 118 Å². The quantitative estimate of drug-likeness (QED) is 0.846. The van der Waals surface area contributed by atoms with E-state index in [1.165, 1.54) is 0 Å². The van der Waals surface area contributed by atoms with Crippen LogP contribution in [0.15, 0.2) is 12.1 Å². The van der Waals surface area contributed by atoms with Gasteiger partial charge in [0.25, 0.3) is 5.91 Å². The molecule has 2 heterocycles. The van der Waals surface area contributed by atoms with Gasteiger partial charge in [0.15, 0.2) is 0 Å². The summed E-state index contributed by atoms with van der Waals surface area (Å²) in [6.07, 6.45) is 0.764. The number of rotatable bonds is 4. The Balaban J connectivity index is 2.23. The summed E-state index contributed by atoms with van der Waals surface area (Å²) in [6.45, 7) is 5.91. The molecular weight excluding hydrogens is 256 g/mol. The zero-order valence-electron chi connectivity index (χ0n) is 11.9. The lowest BCUT2D eigenvalue weighted by Crippen LogP contribution is -2.50. The van der Waals surface area contributed by atoms with Crippen molar-refractivity contribution in [1.29, 1.82) is 0 Å². The van der Waals surface area contributed by atoms with Gasteiger partial charge in [-0.15, -0.1) is 0 Å². The van der Waals surface area contributed by atoms with E-state index in [0.29, 0.717) is 24.5 Å². The lowest BCUT2D eigenvalue weighted by Gasteiger charge is -2.27. The van der Waals surface area contributed by atoms with E-state index in [-0.39, 0.29) is 18.4 Å². The number of nitrogens with one attached hydrogen (secondary N) is 2. The van der Waals surface area contributed by atoms with Gasteiger partial charge >= 0.3 is 0 Å².